The fourth-order valence-electron chi connectivity index (χ4n) is 3.06. The second-order valence-electron chi connectivity index (χ2n) is 6.34. The van der Waals surface area contributed by atoms with Crippen molar-refractivity contribution in [2.24, 2.45) is 0 Å². The van der Waals surface area contributed by atoms with E-state index in [0.717, 1.165) is 43.9 Å². The molecule has 0 unspecified atom stereocenters. The van der Waals surface area contributed by atoms with Crippen LogP contribution >= 0.6 is 11.3 Å². The van der Waals surface area contributed by atoms with Gasteiger partial charge < -0.3 is 9.84 Å². The lowest BCUT2D eigenvalue weighted by atomic mass is 10.1. The van der Waals surface area contributed by atoms with Crippen LogP contribution in [0.4, 0.5) is 0 Å². The van der Waals surface area contributed by atoms with Crippen LogP contribution in [0.25, 0.3) is 0 Å². The van der Waals surface area contributed by atoms with Crippen molar-refractivity contribution in [3.05, 3.63) is 39.4 Å². The molecular weight excluding hydrogens is 306 g/mol. The van der Waals surface area contributed by atoms with Crippen molar-refractivity contribution in [2.75, 3.05) is 13.1 Å². The van der Waals surface area contributed by atoms with Gasteiger partial charge in [0.2, 0.25) is 0 Å². The van der Waals surface area contributed by atoms with Gasteiger partial charge in [-0.1, -0.05) is 24.9 Å². The lowest BCUT2D eigenvalue weighted by molar-refractivity contribution is 0.222. The van der Waals surface area contributed by atoms with E-state index < -0.39 is 0 Å². The van der Waals surface area contributed by atoms with Gasteiger partial charge in [0.25, 0.3) is 0 Å². The van der Waals surface area contributed by atoms with E-state index in [4.69, 9.17) is 4.52 Å². The summed E-state index contributed by atoms with van der Waals surface area (Å²) in [4.78, 5) is 5.45. The van der Waals surface area contributed by atoms with Crippen LogP contribution in [0.15, 0.2) is 22.7 Å². The Morgan fingerprint density at radius 2 is 2.00 bits per heavy atom. The standard InChI is InChI=1S/C18H27N3OS/c1-2-6-15-11-16(22-20-15)12-19-13-17-7-8-18(23-17)14-21-9-4-3-5-10-21/h7-8,11,19H,2-6,9-10,12-14H2,1H3. The second-order valence-corrected chi connectivity index (χ2v) is 7.60. The number of piperidine rings is 1. The Labute approximate surface area is 142 Å². The fraction of sp³-hybridized carbons (Fsp3) is 0.611. The molecule has 126 valence electrons. The van der Waals surface area contributed by atoms with Crippen molar-refractivity contribution >= 4 is 11.3 Å². The summed E-state index contributed by atoms with van der Waals surface area (Å²) in [6, 6.07) is 6.59. The van der Waals surface area contributed by atoms with Crippen molar-refractivity contribution in [1.82, 2.24) is 15.4 Å². The molecule has 4 nitrogen and oxygen atoms in total. The molecule has 0 bridgehead atoms. The highest BCUT2D eigenvalue weighted by Crippen LogP contribution is 2.20. The number of aryl methyl sites for hydroxylation is 1. The molecule has 0 radical (unpaired) electrons. The zero-order chi connectivity index (χ0) is 15.9. The highest BCUT2D eigenvalue weighted by molar-refractivity contribution is 7.11. The van der Waals surface area contributed by atoms with Crippen molar-refractivity contribution in [1.29, 1.82) is 0 Å². The van der Waals surface area contributed by atoms with E-state index in [1.54, 1.807) is 0 Å². The first-order valence-corrected chi connectivity index (χ1v) is 9.60. The van der Waals surface area contributed by atoms with Crippen LogP contribution in [-0.2, 0) is 26.1 Å². The zero-order valence-electron chi connectivity index (χ0n) is 14.0. The molecule has 0 saturated carbocycles. The zero-order valence-corrected chi connectivity index (χ0v) is 14.8. The summed E-state index contributed by atoms with van der Waals surface area (Å²) in [5.74, 6) is 0.929. The quantitative estimate of drug-likeness (QED) is 0.794. The molecule has 0 aliphatic carbocycles. The molecule has 1 saturated heterocycles. The minimum absolute atomic E-state index is 0.746. The third kappa shape index (κ3) is 5.16. The molecule has 0 spiro atoms. The SMILES string of the molecule is CCCc1cc(CNCc2ccc(CN3CCCCC3)s2)on1. The first kappa shape index (κ1) is 16.7. The largest absolute Gasteiger partial charge is 0.360 e. The molecule has 0 amide bonds. The van der Waals surface area contributed by atoms with E-state index in [0.29, 0.717) is 0 Å². The number of likely N-dealkylation sites (tertiary alicyclic amines) is 1. The minimum Gasteiger partial charge on any atom is -0.360 e. The second kappa shape index (κ2) is 8.62. The van der Waals surface area contributed by atoms with Crippen molar-refractivity contribution in [3.63, 3.8) is 0 Å². The van der Waals surface area contributed by atoms with Crippen LogP contribution in [0.2, 0.25) is 0 Å². The summed E-state index contributed by atoms with van der Waals surface area (Å²) >= 11 is 1.92. The molecular formula is C18H27N3OS. The van der Waals surface area contributed by atoms with Gasteiger partial charge in [0.15, 0.2) is 5.76 Å². The Balaban J connectivity index is 1.41. The van der Waals surface area contributed by atoms with Gasteiger partial charge in [0, 0.05) is 28.9 Å². The fourth-order valence-corrected chi connectivity index (χ4v) is 4.09. The van der Waals surface area contributed by atoms with Crippen molar-refractivity contribution < 1.29 is 4.52 Å². The average Bonchev–Trinajstić information content (AvgIpc) is 3.19. The normalized spacial score (nSPS) is 16.0. The van der Waals surface area contributed by atoms with Gasteiger partial charge in [-0.2, -0.15) is 0 Å². The van der Waals surface area contributed by atoms with Crippen LogP contribution in [0, 0.1) is 0 Å². The maximum atomic E-state index is 5.35. The van der Waals surface area contributed by atoms with Gasteiger partial charge in [-0.25, -0.2) is 0 Å². The summed E-state index contributed by atoms with van der Waals surface area (Å²) in [5.41, 5.74) is 1.06. The smallest absolute Gasteiger partial charge is 0.150 e. The lowest BCUT2D eigenvalue weighted by Gasteiger charge is -2.25. The summed E-state index contributed by atoms with van der Waals surface area (Å²) in [5, 5.41) is 7.54. The maximum Gasteiger partial charge on any atom is 0.150 e. The molecule has 5 heteroatoms. The monoisotopic (exact) mass is 333 g/mol. The summed E-state index contributed by atoms with van der Waals surface area (Å²) in [7, 11) is 0. The molecule has 23 heavy (non-hydrogen) atoms. The highest BCUT2D eigenvalue weighted by Gasteiger charge is 2.11. The van der Waals surface area contributed by atoms with Gasteiger partial charge in [-0.15, -0.1) is 11.3 Å². The molecule has 3 heterocycles. The molecule has 3 rings (SSSR count). The number of nitrogens with one attached hydrogen (secondary N) is 1. The van der Waals surface area contributed by atoms with E-state index in [9.17, 15) is 0 Å². The summed E-state index contributed by atoms with van der Waals surface area (Å²) < 4.78 is 5.35. The topological polar surface area (TPSA) is 41.3 Å². The van der Waals surface area contributed by atoms with E-state index >= 15 is 0 Å². The van der Waals surface area contributed by atoms with Crippen LogP contribution in [0.5, 0.6) is 0 Å². The Morgan fingerprint density at radius 3 is 2.83 bits per heavy atom. The van der Waals surface area contributed by atoms with Crippen molar-refractivity contribution in [2.45, 2.75) is 58.7 Å². The number of thiophene rings is 1. The molecule has 0 aromatic carbocycles. The summed E-state index contributed by atoms with van der Waals surface area (Å²) in [6.45, 7) is 7.44. The predicted octanol–water partition coefficient (Wildman–Crippen LogP) is 3.96. The number of hydrogen-bond donors (Lipinski definition) is 1. The number of hydrogen-bond acceptors (Lipinski definition) is 5. The average molecular weight is 334 g/mol. The molecule has 1 aliphatic heterocycles. The Morgan fingerprint density at radius 1 is 1.17 bits per heavy atom. The molecule has 2 aromatic heterocycles. The van der Waals surface area contributed by atoms with Gasteiger partial charge in [0.1, 0.15) is 0 Å². The van der Waals surface area contributed by atoms with Crippen molar-refractivity contribution in [3.8, 4) is 0 Å². The molecule has 2 aromatic rings. The van der Waals surface area contributed by atoms with Gasteiger partial charge >= 0.3 is 0 Å². The molecule has 0 atom stereocenters. The van der Waals surface area contributed by atoms with Gasteiger partial charge in [-0.3, -0.25) is 4.90 Å². The van der Waals surface area contributed by atoms with Gasteiger partial charge in [0.05, 0.1) is 12.2 Å². The lowest BCUT2D eigenvalue weighted by Crippen LogP contribution is -2.28. The maximum absolute atomic E-state index is 5.35. The molecule has 1 N–H and O–H groups in total. The van der Waals surface area contributed by atoms with E-state index in [-0.39, 0.29) is 0 Å². The Bertz CT molecular complexity index is 587. The Kier molecular flexibility index (Phi) is 6.25. The van der Waals surface area contributed by atoms with Gasteiger partial charge in [-0.05, 0) is 44.5 Å². The van der Waals surface area contributed by atoms with E-state index in [1.165, 1.54) is 42.1 Å². The number of aromatic nitrogens is 1. The first-order valence-electron chi connectivity index (χ1n) is 8.78. The van der Waals surface area contributed by atoms with Crippen LogP contribution in [0.3, 0.4) is 0 Å². The van der Waals surface area contributed by atoms with Crippen LogP contribution in [0.1, 0.15) is 53.8 Å². The Hall–Kier alpha value is -1.17. The van der Waals surface area contributed by atoms with Crippen LogP contribution in [-0.4, -0.2) is 23.1 Å². The third-order valence-electron chi connectivity index (χ3n) is 4.26. The van der Waals surface area contributed by atoms with Crippen LogP contribution < -0.4 is 5.32 Å². The number of nitrogens with zero attached hydrogens (tertiary/aromatic N) is 2. The van der Waals surface area contributed by atoms with E-state index in [2.05, 4.69) is 40.5 Å². The highest BCUT2D eigenvalue weighted by atomic mass is 32.1. The van der Waals surface area contributed by atoms with E-state index in [1.807, 2.05) is 11.3 Å². The third-order valence-corrected chi connectivity index (χ3v) is 5.33. The molecule has 1 fully saturated rings. The number of rotatable bonds is 8. The minimum atomic E-state index is 0.746. The molecule has 1 aliphatic rings. The predicted molar refractivity (Wildman–Crippen MR) is 94.5 cm³/mol. The summed E-state index contributed by atoms with van der Waals surface area (Å²) in [6.07, 6.45) is 6.22. The first-order chi connectivity index (χ1) is 11.3.